The van der Waals surface area contributed by atoms with Crippen molar-refractivity contribution in [1.82, 2.24) is 0 Å². The first-order valence-corrected chi connectivity index (χ1v) is 15.5. The zero-order valence-corrected chi connectivity index (χ0v) is 12.8. The topological polar surface area (TPSA) is 26.3 Å². The minimum atomic E-state index is -1.98. The fraction of sp³-hybridized carbons (Fsp3) is 0.500. The molecule has 0 aromatic carbocycles. The SMILES string of the molecule is CCOC(=O)c1cc[c]([Sn]([CH3])([CH3])[CH3])s1. The Balaban J connectivity index is 2.83. The Bertz CT molecular complexity index is 325. The quantitative estimate of drug-likeness (QED) is 0.632. The standard InChI is InChI=1S/C7H7O2S.3CH3.Sn/c1-2-9-7(8)6-4-3-5-10-6;;;;/h3-4H,2H2,1H3;3*1H3;. The number of carbonyl (C=O) groups is 1. The third kappa shape index (κ3) is 2.98. The summed E-state index contributed by atoms with van der Waals surface area (Å²) in [5, 5.41) is 0. The van der Waals surface area contributed by atoms with Crippen LogP contribution in [-0.2, 0) is 4.74 Å². The molecule has 1 rings (SSSR count). The third-order valence-electron chi connectivity index (χ3n) is 1.82. The minimum absolute atomic E-state index is 0.181. The van der Waals surface area contributed by atoms with E-state index in [0.29, 0.717) is 6.61 Å². The van der Waals surface area contributed by atoms with Crippen molar-refractivity contribution in [2.24, 2.45) is 0 Å². The molecule has 0 atom stereocenters. The average molecular weight is 319 g/mol. The van der Waals surface area contributed by atoms with E-state index in [0.717, 1.165) is 4.88 Å². The van der Waals surface area contributed by atoms with E-state index in [1.54, 1.807) is 11.3 Å². The second-order valence-corrected chi connectivity index (χ2v) is 20.6. The van der Waals surface area contributed by atoms with Crippen LogP contribution in [0.15, 0.2) is 12.1 Å². The fourth-order valence-electron chi connectivity index (χ4n) is 1.05. The Labute approximate surface area is 93.2 Å². The molecular formula is C10H16O2SSn. The molecule has 78 valence electrons. The van der Waals surface area contributed by atoms with Gasteiger partial charge in [0.1, 0.15) is 0 Å². The molecule has 0 bridgehead atoms. The van der Waals surface area contributed by atoms with Crippen LogP contribution in [0, 0.1) is 0 Å². The molecule has 1 aromatic rings. The van der Waals surface area contributed by atoms with E-state index in [4.69, 9.17) is 4.74 Å². The van der Waals surface area contributed by atoms with Gasteiger partial charge in [-0.25, -0.2) is 0 Å². The van der Waals surface area contributed by atoms with Crippen LogP contribution in [-0.4, -0.2) is 31.0 Å². The van der Waals surface area contributed by atoms with E-state index >= 15 is 0 Å². The molecule has 2 nitrogen and oxygen atoms in total. The van der Waals surface area contributed by atoms with Crippen LogP contribution in [0.2, 0.25) is 14.8 Å². The Morgan fingerprint density at radius 3 is 2.50 bits per heavy atom. The Morgan fingerprint density at radius 1 is 1.43 bits per heavy atom. The van der Waals surface area contributed by atoms with Gasteiger partial charge in [-0.1, -0.05) is 0 Å². The van der Waals surface area contributed by atoms with Gasteiger partial charge in [0, 0.05) is 0 Å². The fourth-order valence-corrected chi connectivity index (χ4v) is 7.24. The van der Waals surface area contributed by atoms with Gasteiger partial charge in [-0.3, -0.25) is 0 Å². The molecule has 0 spiro atoms. The monoisotopic (exact) mass is 320 g/mol. The summed E-state index contributed by atoms with van der Waals surface area (Å²) in [6, 6.07) is 3.98. The summed E-state index contributed by atoms with van der Waals surface area (Å²) in [6.07, 6.45) is 0. The van der Waals surface area contributed by atoms with Crippen LogP contribution < -0.4 is 2.89 Å². The van der Waals surface area contributed by atoms with Gasteiger partial charge in [-0.15, -0.1) is 0 Å². The van der Waals surface area contributed by atoms with Gasteiger partial charge in [-0.05, 0) is 0 Å². The molecule has 0 radical (unpaired) electrons. The molecule has 0 unspecified atom stereocenters. The Morgan fingerprint density at radius 2 is 2.07 bits per heavy atom. The second-order valence-electron chi connectivity index (χ2n) is 4.13. The van der Waals surface area contributed by atoms with E-state index < -0.39 is 18.4 Å². The van der Waals surface area contributed by atoms with Crippen LogP contribution >= 0.6 is 11.3 Å². The predicted octanol–water partition coefficient (Wildman–Crippen LogP) is 2.47. The van der Waals surface area contributed by atoms with Gasteiger partial charge < -0.3 is 0 Å². The molecule has 0 saturated heterocycles. The number of thiophene rings is 1. The molecule has 0 fully saturated rings. The molecule has 0 amide bonds. The van der Waals surface area contributed by atoms with E-state index in [1.807, 2.05) is 13.0 Å². The van der Waals surface area contributed by atoms with Gasteiger partial charge in [0.2, 0.25) is 0 Å². The van der Waals surface area contributed by atoms with Gasteiger partial charge in [0.25, 0.3) is 0 Å². The molecule has 14 heavy (non-hydrogen) atoms. The van der Waals surface area contributed by atoms with Gasteiger partial charge in [0.05, 0.1) is 0 Å². The van der Waals surface area contributed by atoms with E-state index in [2.05, 4.69) is 20.9 Å². The van der Waals surface area contributed by atoms with E-state index in [-0.39, 0.29) is 5.97 Å². The molecule has 1 heterocycles. The maximum absolute atomic E-state index is 11.4. The molecular weight excluding hydrogens is 303 g/mol. The summed E-state index contributed by atoms with van der Waals surface area (Å²) in [4.78, 5) is 19.2. The Kier molecular flexibility index (Phi) is 4.01. The van der Waals surface area contributed by atoms with Gasteiger partial charge >= 0.3 is 93.5 Å². The van der Waals surface area contributed by atoms with Gasteiger partial charge in [0.15, 0.2) is 0 Å². The molecule has 0 saturated carbocycles. The van der Waals surface area contributed by atoms with Crippen LogP contribution in [0.1, 0.15) is 16.6 Å². The summed E-state index contributed by atoms with van der Waals surface area (Å²) in [7, 11) is 0. The number of esters is 1. The summed E-state index contributed by atoms with van der Waals surface area (Å²) in [5.74, 6) is -0.181. The Hall–Kier alpha value is -0.0313. The molecule has 1 aromatic heterocycles. The average Bonchev–Trinajstić information content (AvgIpc) is 2.51. The molecule has 0 aliphatic rings. The predicted molar refractivity (Wildman–Crippen MR) is 63.3 cm³/mol. The second kappa shape index (κ2) is 4.66. The van der Waals surface area contributed by atoms with Crippen molar-refractivity contribution < 1.29 is 9.53 Å². The normalized spacial score (nSPS) is 11.4. The van der Waals surface area contributed by atoms with Crippen molar-refractivity contribution in [2.45, 2.75) is 21.7 Å². The number of hydrogen-bond donors (Lipinski definition) is 0. The summed E-state index contributed by atoms with van der Waals surface area (Å²) in [6.45, 7) is 2.28. The summed E-state index contributed by atoms with van der Waals surface area (Å²) < 4.78 is 6.37. The van der Waals surface area contributed by atoms with Crippen LogP contribution in [0.4, 0.5) is 0 Å². The van der Waals surface area contributed by atoms with E-state index in [1.165, 1.54) is 2.89 Å². The molecule has 0 aliphatic heterocycles. The van der Waals surface area contributed by atoms with Crippen molar-refractivity contribution >= 4 is 38.6 Å². The summed E-state index contributed by atoms with van der Waals surface area (Å²) >= 11 is -0.369. The number of ether oxygens (including phenoxy) is 1. The third-order valence-corrected chi connectivity index (χ3v) is 12.4. The van der Waals surface area contributed by atoms with Gasteiger partial charge in [-0.2, -0.15) is 0 Å². The number of hydrogen-bond acceptors (Lipinski definition) is 3. The maximum atomic E-state index is 11.4. The first-order valence-electron chi connectivity index (χ1n) is 4.72. The van der Waals surface area contributed by atoms with Crippen molar-refractivity contribution in [3.63, 3.8) is 0 Å². The first kappa shape index (κ1) is 12.0. The molecule has 0 N–H and O–H groups in total. The van der Waals surface area contributed by atoms with Crippen molar-refractivity contribution in [2.75, 3.05) is 6.61 Å². The molecule has 0 aliphatic carbocycles. The van der Waals surface area contributed by atoms with E-state index in [9.17, 15) is 4.79 Å². The van der Waals surface area contributed by atoms with Crippen LogP contribution in [0.3, 0.4) is 0 Å². The number of rotatable bonds is 3. The first-order chi connectivity index (χ1) is 6.45. The summed E-state index contributed by atoms with van der Waals surface area (Å²) in [5.41, 5.74) is 0. The zero-order valence-electron chi connectivity index (χ0n) is 9.09. The van der Waals surface area contributed by atoms with Crippen LogP contribution in [0.5, 0.6) is 0 Å². The van der Waals surface area contributed by atoms with Crippen molar-refractivity contribution in [3.8, 4) is 0 Å². The van der Waals surface area contributed by atoms with Crippen molar-refractivity contribution in [3.05, 3.63) is 17.0 Å². The zero-order chi connectivity index (χ0) is 10.8. The van der Waals surface area contributed by atoms with Crippen LogP contribution in [0.25, 0.3) is 0 Å². The number of carbonyl (C=O) groups excluding carboxylic acids is 1. The van der Waals surface area contributed by atoms with Crippen molar-refractivity contribution in [1.29, 1.82) is 0 Å². The molecule has 4 heteroatoms.